The predicted octanol–water partition coefficient (Wildman–Crippen LogP) is 3.46. The Morgan fingerprint density at radius 3 is 2.80 bits per heavy atom. The average Bonchev–Trinajstić information content (AvgIpc) is 2.77. The summed E-state index contributed by atoms with van der Waals surface area (Å²) >= 11 is 0. The highest BCUT2D eigenvalue weighted by Gasteiger charge is 2.04. The van der Waals surface area contributed by atoms with Crippen molar-refractivity contribution < 1.29 is 14.6 Å². The second kappa shape index (κ2) is 5.82. The number of fused-ring (bicyclic) bond motifs is 1. The minimum Gasteiger partial charge on any atom is -0.491 e. The number of carboxylic acid groups (broad SMARTS) is 1. The summed E-state index contributed by atoms with van der Waals surface area (Å²) in [6.45, 7) is 6.14. The van der Waals surface area contributed by atoms with E-state index in [1.807, 2.05) is 48.9 Å². The first-order valence-corrected chi connectivity index (χ1v) is 6.63. The number of benzene rings is 1. The molecule has 4 heteroatoms. The molecule has 0 fully saturated rings. The van der Waals surface area contributed by atoms with Crippen molar-refractivity contribution in [2.45, 2.75) is 33.4 Å². The fourth-order valence-corrected chi connectivity index (χ4v) is 2.01. The molecule has 0 aliphatic rings. The summed E-state index contributed by atoms with van der Waals surface area (Å²) < 4.78 is 7.68. The largest absolute Gasteiger partial charge is 0.491 e. The van der Waals surface area contributed by atoms with Crippen LogP contribution in [0.3, 0.4) is 0 Å². The van der Waals surface area contributed by atoms with E-state index < -0.39 is 5.97 Å². The number of aromatic nitrogens is 1. The van der Waals surface area contributed by atoms with Crippen molar-refractivity contribution >= 4 is 16.9 Å². The van der Waals surface area contributed by atoms with Gasteiger partial charge in [-0.2, -0.15) is 0 Å². The van der Waals surface area contributed by atoms with Crippen LogP contribution in [0.25, 0.3) is 10.9 Å². The van der Waals surface area contributed by atoms with Crippen LogP contribution in [0.4, 0.5) is 0 Å². The quantitative estimate of drug-likeness (QED) is 0.849. The summed E-state index contributed by atoms with van der Waals surface area (Å²) in [6.07, 6.45) is 3.81. The van der Waals surface area contributed by atoms with E-state index in [0.29, 0.717) is 12.1 Å². The molecule has 0 radical (unpaired) electrons. The first-order valence-electron chi connectivity index (χ1n) is 6.63. The molecule has 0 atom stereocenters. The predicted molar refractivity (Wildman–Crippen MR) is 79.1 cm³/mol. The number of rotatable bonds is 5. The molecule has 0 spiro atoms. The summed E-state index contributed by atoms with van der Waals surface area (Å²) in [7, 11) is 0. The highest BCUT2D eigenvalue weighted by molar-refractivity contribution is 5.86. The van der Waals surface area contributed by atoms with Gasteiger partial charge in [0.15, 0.2) is 0 Å². The Labute approximate surface area is 118 Å². The Hall–Kier alpha value is -2.23. The number of carboxylic acids is 1. The van der Waals surface area contributed by atoms with Crippen molar-refractivity contribution in [1.29, 1.82) is 0 Å². The number of allylic oxidation sites excluding steroid dienone is 1. The van der Waals surface area contributed by atoms with E-state index in [-0.39, 0.29) is 6.10 Å². The SMILES string of the molecule is C/C(=C/Cn1ccc2cc(OC(C)C)ccc21)C(=O)O. The standard InChI is InChI=1S/C16H19NO3/c1-11(2)20-14-4-5-15-13(10-14)7-9-17(15)8-6-12(3)16(18)19/h4-7,9-11H,8H2,1-3H3,(H,18,19)/b12-6-. The van der Waals surface area contributed by atoms with Crippen LogP contribution < -0.4 is 4.74 Å². The molecular formula is C16H19NO3. The van der Waals surface area contributed by atoms with Crippen LogP contribution in [0.5, 0.6) is 5.75 Å². The zero-order valence-electron chi connectivity index (χ0n) is 12.0. The molecule has 1 N–H and O–H groups in total. The van der Waals surface area contributed by atoms with Gasteiger partial charge in [-0.15, -0.1) is 0 Å². The Kier molecular flexibility index (Phi) is 4.13. The lowest BCUT2D eigenvalue weighted by atomic mass is 10.2. The van der Waals surface area contributed by atoms with Crippen LogP contribution in [0, 0.1) is 0 Å². The average molecular weight is 273 g/mol. The third-order valence-corrected chi connectivity index (χ3v) is 3.05. The minimum atomic E-state index is -0.880. The number of hydrogen-bond acceptors (Lipinski definition) is 2. The third kappa shape index (κ3) is 3.20. The molecule has 1 heterocycles. The van der Waals surface area contributed by atoms with Crippen molar-refractivity contribution in [3.63, 3.8) is 0 Å². The molecule has 1 aromatic carbocycles. The van der Waals surface area contributed by atoms with E-state index in [9.17, 15) is 4.79 Å². The highest BCUT2D eigenvalue weighted by Crippen LogP contribution is 2.23. The Balaban J connectivity index is 2.24. The molecule has 106 valence electrons. The lowest BCUT2D eigenvalue weighted by Gasteiger charge is -2.10. The van der Waals surface area contributed by atoms with Gasteiger partial charge in [0.05, 0.1) is 6.10 Å². The van der Waals surface area contributed by atoms with E-state index in [1.165, 1.54) is 0 Å². The van der Waals surface area contributed by atoms with Gasteiger partial charge in [-0.3, -0.25) is 0 Å². The van der Waals surface area contributed by atoms with Crippen LogP contribution in [-0.2, 0) is 11.3 Å². The third-order valence-electron chi connectivity index (χ3n) is 3.05. The Morgan fingerprint density at radius 1 is 1.40 bits per heavy atom. The van der Waals surface area contributed by atoms with Gasteiger partial charge in [-0.05, 0) is 45.0 Å². The van der Waals surface area contributed by atoms with Crippen molar-refractivity contribution in [2.75, 3.05) is 0 Å². The van der Waals surface area contributed by atoms with Crippen molar-refractivity contribution in [1.82, 2.24) is 4.57 Å². The number of hydrogen-bond donors (Lipinski definition) is 1. The summed E-state index contributed by atoms with van der Waals surface area (Å²) in [5.41, 5.74) is 1.42. The maximum Gasteiger partial charge on any atom is 0.331 e. The maximum absolute atomic E-state index is 10.8. The summed E-state index contributed by atoms with van der Waals surface area (Å²) in [6, 6.07) is 7.94. The molecule has 0 aliphatic carbocycles. The normalized spacial score (nSPS) is 12.1. The minimum absolute atomic E-state index is 0.149. The van der Waals surface area contributed by atoms with E-state index in [0.717, 1.165) is 16.7 Å². The molecule has 4 nitrogen and oxygen atoms in total. The molecule has 0 bridgehead atoms. The molecule has 0 saturated carbocycles. The van der Waals surface area contributed by atoms with Crippen molar-refractivity contribution in [3.8, 4) is 5.75 Å². The summed E-state index contributed by atoms with van der Waals surface area (Å²) in [5, 5.41) is 9.94. The monoisotopic (exact) mass is 273 g/mol. The first kappa shape index (κ1) is 14.2. The van der Waals surface area contributed by atoms with Gasteiger partial charge >= 0.3 is 5.97 Å². The van der Waals surface area contributed by atoms with Crippen LogP contribution in [0.15, 0.2) is 42.1 Å². The van der Waals surface area contributed by atoms with Gasteiger partial charge in [0, 0.05) is 29.2 Å². The molecule has 0 unspecified atom stereocenters. The van der Waals surface area contributed by atoms with Gasteiger partial charge in [-0.25, -0.2) is 4.79 Å². The molecule has 0 saturated heterocycles. The van der Waals surface area contributed by atoms with E-state index >= 15 is 0 Å². The van der Waals surface area contributed by atoms with Gasteiger partial charge < -0.3 is 14.4 Å². The lowest BCUT2D eigenvalue weighted by Crippen LogP contribution is -2.05. The van der Waals surface area contributed by atoms with Gasteiger partial charge in [-0.1, -0.05) is 6.08 Å². The molecule has 0 aliphatic heterocycles. The van der Waals surface area contributed by atoms with Gasteiger partial charge in [0.25, 0.3) is 0 Å². The van der Waals surface area contributed by atoms with Gasteiger partial charge in [0.2, 0.25) is 0 Å². The lowest BCUT2D eigenvalue weighted by molar-refractivity contribution is -0.132. The molecule has 2 rings (SSSR count). The Morgan fingerprint density at radius 2 is 2.15 bits per heavy atom. The molecular weight excluding hydrogens is 254 g/mol. The number of nitrogens with zero attached hydrogens (tertiary/aromatic N) is 1. The zero-order chi connectivity index (χ0) is 14.7. The summed E-state index contributed by atoms with van der Waals surface area (Å²) in [4.78, 5) is 10.8. The van der Waals surface area contributed by atoms with Crippen LogP contribution >= 0.6 is 0 Å². The second-order valence-corrected chi connectivity index (χ2v) is 5.05. The van der Waals surface area contributed by atoms with Crippen LogP contribution in [0.2, 0.25) is 0 Å². The molecule has 1 aromatic heterocycles. The number of carbonyl (C=O) groups is 1. The molecule has 20 heavy (non-hydrogen) atoms. The number of ether oxygens (including phenoxy) is 1. The fourth-order valence-electron chi connectivity index (χ4n) is 2.01. The zero-order valence-corrected chi connectivity index (χ0v) is 12.0. The first-order chi connectivity index (χ1) is 9.47. The second-order valence-electron chi connectivity index (χ2n) is 5.05. The van der Waals surface area contributed by atoms with Gasteiger partial charge in [0.1, 0.15) is 5.75 Å². The van der Waals surface area contributed by atoms with Crippen LogP contribution in [-0.4, -0.2) is 21.7 Å². The topological polar surface area (TPSA) is 51.5 Å². The summed E-state index contributed by atoms with van der Waals surface area (Å²) in [5.74, 6) is -0.0309. The smallest absolute Gasteiger partial charge is 0.331 e. The Bertz CT molecular complexity index is 653. The van der Waals surface area contributed by atoms with E-state index in [1.54, 1.807) is 13.0 Å². The van der Waals surface area contributed by atoms with Crippen LogP contribution in [0.1, 0.15) is 20.8 Å². The maximum atomic E-state index is 10.8. The van der Waals surface area contributed by atoms with E-state index in [4.69, 9.17) is 9.84 Å². The van der Waals surface area contributed by atoms with E-state index in [2.05, 4.69) is 0 Å². The molecule has 2 aromatic rings. The van der Waals surface area contributed by atoms with Crippen molar-refractivity contribution in [3.05, 3.63) is 42.1 Å². The fraction of sp³-hybridized carbons (Fsp3) is 0.312. The molecule has 0 amide bonds. The van der Waals surface area contributed by atoms with Crippen molar-refractivity contribution in [2.24, 2.45) is 0 Å². The highest BCUT2D eigenvalue weighted by atomic mass is 16.5. The number of aliphatic carboxylic acids is 1.